The van der Waals surface area contributed by atoms with E-state index in [4.69, 9.17) is 5.73 Å². The van der Waals surface area contributed by atoms with E-state index >= 15 is 0 Å². The number of imidazole rings is 1. The first-order chi connectivity index (χ1) is 4.92. The van der Waals surface area contributed by atoms with E-state index in [0.29, 0.717) is 6.04 Å². The van der Waals surface area contributed by atoms with Crippen molar-refractivity contribution in [2.75, 3.05) is 6.54 Å². The second kappa shape index (κ2) is 2.09. The van der Waals surface area contributed by atoms with Gasteiger partial charge in [-0.2, -0.15) is 0 Å². The highest BCUT2D eigenvalue weighted by molar-refractivity contribution is 5.06. The normalized spacial score (nSPS) is 23.1. The quantitative estimate of drug-likeness (QED) is 0.606. The van der Waals surface area contributed by atoms with Gasteiger partial charge >= 0.3 is 0 Å². The first kappa shape index (κ1) is 5.92. The molecule has 0 aromatic carbocycles. The Hall–Kier alpha value is -0.830. The Bertz CT molecular complexity index is 229. The van der Waals surface area contributed by atoms with Crippen LogP contribution in [-0.2, 0) is 6.42 Å². The van der Waals surface area contributed by atoms with Crippen molar-refractivity contribution in [3.8, 4) is 0 Å². The molecule has 1 aromatic heterocycles. The van der Waals surface area contributed by atoms with Gasteiger partial charge in [0.05, 0.1) is 6.33 Å². The number of aryl methyl sites for hydroxylation is 1. The molecule has 10 heavy (non-hydrogen) atoms. The summed E-state index contributed by atoms with van der Waals surface area (Å²) in [4.78, 5) is 4.05. The molecule has 3 nitrogen and oxygen atoms in total. The molecule has 3 heteroatoms. The number of hydrogen-bond donors (Lipinski definition) is 1. The summed E-state index contributed by atoms with van der Waals surface area (Å²) >= 11 is 0. The standard InChI is InChI=1S/C7H11N3/c8-3-6-1-2-7-4-9-5-10(6)7/h4-6H,1-3,8H2. The number of fused-ring (bicyclic) bond motifs is 1. The first-order valence-corrected chi connectivity index (χ1v) is 3.62. The van der Waals surface area contributed by atoms with Crippen LogP contribution in [0.1, 0.15) is 18.2 Å². The Kier molecular flexibility index (Phi) is 1.24. The van der Waals surface area contributed by atoms with Gasteiger partial charge in [0.2, 0.25) is 0 Å². The van der Waals surface area contributed by atoms with Crippen LogP contribution in [0.2, 0.25) is 0 Å². The maximum Gasteiger partial charge on any atom is 0.0951 e. The van der Waals surface area contributed by atoms with Crippen LogP contribution in [0.15, 0.2) is 12.5 Å². The molecule has 2 heterocycles. The van der Waals surface area contributed by atoms with Crippen molar-refractivity contribution in [2.24, 2.45) is 5.73 Å². The zero-order chi connectivity index (χ0) is 6.97. The van der Waals surface area contributed by atoms with E-state index in [0.717, 1.165) is 13.0 Å². The van der Waals surface area contributed by atoms with Crippen molar-refractivity contribution < 1.29 is 0 Å². The highest BCUT2D eigenvalue weighted by Crippen LogP contribution is 2.23. The average Bonchev–Trinajstić information content (AvgIpc) is 2.44. The van der Waals surface area contributed by atoms with E-state index in [9.17, 15) is 0 Å². The van der Waals surface area contributed by atoms with Gasteiger partial charge in [0.1, 0.15) is 0 Å². The van der Waals surface area contributed by atoms with Gasteiger partial charge in [-0.25, -0.2) is 4.98 Å². The second-order valence-corrected chi connectivity index (χ2v) is 2.72. The fourth-order valence-corrected chi connectivity index (χ4v) is 1.54. The van der Waals surface area contributed by atoms with Crippen molar-refractivity contribution in [2.45, 2.75) is 18.9 Å². The van der Waals surface area contributed by atoms with Crippen LogP contribution in [0.3, 0.4) is 0 Å². The lowest BCUT2D eigenvalue weighted by atomic mass is 10.2. The number of aromatic nitrogens is 2. The molecule has 2 rings (SSSR count). The fraction of sp³-hybridized carbons (Fsp3) is 0.571. The maximum absolute atomic E-state index is 5.56. The van der Waals surface area contributed by atoms with E-state index in [2.05, 4.69) is 9.55 Å². The van der Waals surface area contributed by atoms with Gasteiger partial charge in [-0.1, -0.05) is 0 Å². The molecule has 1 atom stereocenters. The molecule has 1 unspecified atom stereocenters. The summed E-state index contributed by atoms with van der Waals surface area (Å²) in [6.07, 6.45) is 6.13. The molecule has 0 bridgehead atoms. The molecule has 0 aliphatic carbocycles. The van der Waals surface area contributed by atoms with Crippen LogP contribution < -0.4 is 5.73 Å². The van der Waals surface area contributed by atoms with Gasteiger partial charge in [0.25, 0.3) is 0 Å². The third kappa shape index (κ3) is 0.671. The third-order valence-electron chi connectivity index (χ3n) is 2.15. The van der Waals surface area contributed by atoms with Gasteiger partial charge in [0.15, 0.2) is 0 Å². The lowest BCUT2D eigenvalue weighted by Gasteiger charge is -2.07. The summed E-state index contributed by atoms with van der Waals surface area (Å²) in [5.41, 5.74) is 6.89. The molecule has 0 saturated heterocycles. The smallest absolute Gasteiger partial charge is 0.0951 e. The summed E-state index contributed by atoms with van der Waals surface area (Å²) in [5, 5.41) is 0. The zero-order valence-electron chi connectivity index (χ0n) is 5.83. The van der Waals surface area contributed by atoms with Crippen LogP contribution >= 0.6 is 0 Å². The van der Waals surface area contributed by atoms with Crippen molar-refractivity contribution in [1.29, 1.82) is 0 Å². The molecule has 0 amide bonds. The number of hydrogen-bond acceptors (Lipinski definition) is 2. The molecule has 2 N–H and O–H groups in total. The molecule has 1 aromatic rings. The summed E-state index contributed by atoms with van der Waals surface area (Å²) in [7, 11) is 0. The molecular formula is C7H11N3. The highest BCUT2D eigenvalue weighted by Gasteiger charge is 2.19. The van der Waals surface area contributed by atoms with Gasteiger partial charge in [-0.05, 0) is 12.8 Å². The van der Waals surface area contributed by atoms with Crippen molar-refractivity contribution in [3.63, 3.8) is 0 Å². The van der Waals surface area contributed by atoms with Crippen LogP contribution in [0.5, 0.6) is 0 Å². The average molecular weight is 137 g/mol. The third-order valence-corrected chi connectivity index (χ3v) is 2.15. The lowest BCUT2D eigenvalue weighted by molar-refractivity contribution is 0.536. The molecule has 0 radical (unpaired) electrons. The molecular weight excluding hydrogens is 126 g/mol. The van der Waals surface area contributed by atoms with E-state index in [1.165, 1.54) is 12.1 Å². The number of nitrogens with zero attached hydrogens (tertiary/aromatic N) is 2. The largest absolute Gasteiger partial charge is 0.330 e. The van der Waals surface area contributed by atoms with Crippen LogP contribution in [-0.4, -0.2) is 16.1 Å². The molecule has 0 spiro atoms. The lowest BCUT2D eigenvalue weighted by Crippen LogP contribution is -2.14. The van der Waals surface area contributed by atoms with Gasteiger partial charge < -0.3 is 10.3 Å². The summed E-state index contributed by atoms with van der Waals surface area (Å²) in [6, 6.07) is 0.512. The highest BCUT2D eigenvalue weighted by atomic mass is 15.1. The molecule has 0 fully saturated rings. The Labute approximate surface area is 59.9 Å². The molecule has 1 aliphatic rings. The molecule has 1 aliphatic heterocycles. The van der Waals surface area contributed by atoms with Crippen molar-refractivity contribution in [1.82, 2.24) is 9.55 Å². The Morgan fingerprint density at radius 2 is 2.70 bits per heavy atom. The van der Waals surface area contributed by atoms with Gasteiger partial charge in [-0.15, -0.1) is 0 Å². The SMILES string of the molecule is NCC1CCc2cncn21. The van der Waals surface area contributed by atoms with Crippen LogP contribution in [0.4, 0.5) is 0 Å². The fourth-order valence-electron chi connectivity index (χ4n) is 1.54. The predicted molar refractivity (Wildman–Crippen MR) is 38.6 cm³/mol. The predicted octanol–water partition coefficient (Wildman–Crippen LogP) is 0.329. The monoisotopic (exact) mass is 137 g/mol. The van der Waals surface area contributed by atoms with Crippen LogP contribution in [0.25, 0.3) is 0 Å². The molecule has 0 saturated carbocycles. The van der Waals surface area contributed by atoms with Gasteiger partial charge in [0, 0.05) is 24.5 Å². The van der Waals surface area contributed by atoms with Gasteiger partial charge in [-0.3, -0.25) is 0 Å². The van der Waals surface area contributed by atoms with E-state index in [-0.39, 0.29) is 0 Å². The van der Waals surface area contributed by atoms with Crippen LogP contribution in [0, 0.1) is 0 Å². The summed E-state index contributed by atoms with van der Waals surface area (Å²) in [5.74, 6) is 0. The number of nitrogens with two attached hydrogens (primary N) is 1. The van der Waals surface area contributed by atoms with Crippen molar-refractivity contribution >= 4 is 0 Å². The summed E-state index contributed by atoms with van der Waals surface area (Å²) < 4.78 is 2.18. The Morgan fingerprint density at radius 1 is 1.80 bits per heavy atom. The molecule has 54 valence electrons. The second-order valence-electron chi connectivity index (χ2n) is 2.72. The first-order valence-electron chi connectivity index (χ1n) is 3.62. The minimum atomic E-state index is 0.512. The van der Waals surface area contributed by atoms with E-state index < -0.39 is 0 Å². The van der Waals surface area contributed by atoms with E-state index in [1.807, 2.05) is 12.5 Å². The Morgan fingerprint density at radius 3 is 3.50 bits per heavy atom. The minimum absolute atomic E-state index is 0.512. The Balaban J connectivity index is 2.34. The maximum atomic E-state index is 5.56. The van der Waals surface area contributed by atoms with E-state index in [1.54, 1.807) is 0 Å². The topological polar surface area (TPSA) is 43.8 Å². The zero-order valence-corrected chi connectivity index (χ0v) is 5.83. The number of rotatable bonds is 1. The summed E-state index contributed by atoms with van der Waals surface area (Å²) in [6.45, 7) is 0.739. The van der Waals surface area contributed by atoms with Crippen molar-refractivity contribution in [3.05, 3.63) is 18.2 Å². The minimum Gasteiger partial charge on any atom is -0.330 e.